The summed E-state index contributed by atoms with van der Waals surface area (Å²) in [4.78, 5) is 0. The average molecular weight is 272 g/mol. The van der Waals surface area contributed by atoms with E-state index in [4.69, 9.17) is 4.74 Å². The number of aliphatic hydroxyl groups excluding tert-OH is 1. The van der Waals surface area contributed by atoms with Gasteiger partial charge in [0, 0.05) is 5.75 Å². The van der Waals surface area contributed by atoms with Gasteiger partial charge in [-0.25, -0.2) is 8.42 Å². The molecule has 102 valence electrons. The summed E-state index contributed by atoms with van der Waals surface area (Å²) < 4.78 is 28.0. The van der Waals surface area contributed by atoms with Gasteiger partial charge >= 0.3 is 0 Å². The fourth-order valence-electron chi connectivity index (χ4n) is 1.48. The Morgan fingerprint density at radius 3 is 2.72 bits per heavy atom. The lowest BCUT2D eigenvalue weighted by atomic mass is 10.1. The maximum Gasteiger partial charge on any atom is 0.150 e. The number of hydrogen-bond acceptors (Lipinski definition) is 4. The molecular weight excluding hydrogens is 252 g/mol. The van der Waals surface area contributed by atoms with Crippen LogP contribution in [0, 0.1) is 0 Å². The van der Waals surface area contributed by atoms with E-state index >= 15 is 0 Å². The van der Waals surface area contributed by atoms with Crippen LogP contribution in [0.3, 0.4) is 0 Å². The second-order valence-corrected chi connectivity index (χ2v) is 6.66. The van der Waals surface area contributed by atoms with Crippen LogP contribution in [-0.4, -0.2) is 31.6 Å². The van der Waals surface area contributed by atoms with Gasteiger partial charge in [0.2, 0.25) is 0 Å². The fraction of sp³-hybridized carbons (Fsp3) is 0.538. The summed E-state index contributed by atoms with van der Waals surface area (Å²) in [5, 5.41) is 9.42. The van der Waals surface area contributed by atoms with E-state index in [-0.39, 0.29) is 11.5 Å². The maximum atomic E-state index is 11.3. The van der Waals surface area contributed by atoms with Gasteiger partial charge in [0.05, 0.1) is 18.5 Å². The molecule has 0 amide bonds. The first-order valence-electron chi connectivity index (χ1n) is 6.06. The van der Waals surface area contributed by atoms with Gasteiger partial charge in [-0.15, -0.1) is 0 Å². The Bertz CT molecular complexity index is 466. The predicted molar refractivity (Wildman–Crippen MR) is 71.5 cm³/mol. The Labute approximate surface area is 109 Å². The van der Waals surface area contributed by atoms with Gasteiger partial charge in [0.1, 0.15) is 15.6 Å². The Morgan fingerprint density at radius 2 is 2.11 bits per heavy atom. The zero-order valence-corrected chi connectivity index (χ0v) is 11.6. The molecule has 1 rings (SSSR count). The Balaban J connectivity index is 2.42. The molecule has 1 atom stereocenters. The molecule has 1 aromatic rings. The lowest BCUT2D eigenvalue weighted by Crippen LogP contribution is -2.11. The molecule has 0 saturated carbocycles. The third-order valence-corrected chi connectivity index (χ3v) is 4.44. The predicted octanol–water partition coefficient (Wildman–Crippen LogP) is 1.94. The van der Waals surface area contributed by atoms with Gasteiger partial charge in [0.15, 0.2) is 0 Å². The zero-order valence-electron chi connectivity index (χ0n) is 10.8. The SMILES string of the molecule is CCS(=O)(=O)CCCOc1cccc([C@@H](C)O)c1. The van der Waals surface area contributed by atoms with Crippen LogP contribution in [0.15, 0.2) is 24.3 Å². The minimum Gasteiger partial charge on any atom is -0.494 e. The maximum absolute atomic E-state index is 11.3. The van der Waals surface area contributed by atoms with E-state index in [2.05, 4.69) is 0 Å². The van der Waals surface area contributed by atoms with E-state index in [9.17, 15) is 13.5 Å². The van der Waals surface area contributed by atoms with Crippen molar-refractivity contribution >= 4 is 9.84 Å². The van der Waals surface area contributed by atoms with Gasteiger partial charge in [-0.1, -0.05) is 19.1 Å². The molecule has 0 aliphatic heterocycles. The molecule has 0 saturated heterocycles. The van der Waals surface area contributed by atoms with Crippen LogP contribution in [0.1, 0.15) is 31.9 Å². The Morgan fingerprint density at radius 1 is 1.39 bits per heavy atom. The third kappa shape index (κ3) is 5.06. The van der Waals surface area contributed by atoms with Crippen LogP contribution in [0.25, 0.3) is 0 Å². The lowest BCUT2D eigenvalue weighted by molar-refractivity contribution is 0.198. The molecule has 0 heterocycles. The van der Waals surface area contributed by atoms with Crippen molar-refractivity contribution in [3.8, 4) is 5.75 Å². The average Bonchev–Trinajstić information content (AvgIpc) is 2.35. The summed E-state index contributed by atoms with van der Waals surface area (Å²) in [5.41, 5.74) is 0.786. The quantitative estimate of drug-likeness (QED) is 0.770. The van der Waals surface area contributed by atoms with Gasteiger partial charge in [0.25, 0.3) is 0 Å². The number of hydrogen-bond donors (Lipinski definition) is 1. The van der Waals surface area contributed by atoms with E-state index in [1.54, 1.807) is 32.0 Å². The van der Waals surface area contributed by atoms with Crippen LogP contribution in [0.4, 0.5) is 0 Å². The third-order valence-electron chi connectivity index (χ3n) is 2.65. The summed E-state index contributed by atoms with van der Waals surface area (Å²) in [6.45, 7) is 3.69. The highest BCUT2D eigenvalue weighted by atomic mass is 32.2. The highest BCUT2D eigenvalue weighted by Crippen LogP contribution is 2.18. The molecule has 0 bridgehead atoms. The molecule has 0 spiro atoms. The van der Waals surface area contributed by atoms with Gasteiger partial charge in [-0.05, 0) is 31.0 Å². The molecule has 0 aliphatic rings. The molecule has 0 aromatic heterocycles. The fourth-order valence-corrected chi connectivity index (χ4v) is 2.32. The summed E-state index contributed by atoms with van der Waals surface area (Å²) >= 11 is 0. The van der Waals surface area contributed by atoms with Crippen LogP contribution < -0.4 is 4.74 Å². The van der Waals surface area contributed by atoms with Crippen LogP contribution >= 0.6 is 0 Å². The van der Waals surface area contributed by atoms with Crippen molar-refractivity contribution in [1.82, 2.24) is 0 Å². The van der Waals surface area contributed by atoms with Crippen LogP contribution in [0.2, 0.25) is 0 Å². The topological polar surface area (TPSA) is 63.6 Å². The first-order valence-corrected chi connectivity index (χ1v) is 7.88. The summed E-state index contributed by atoms with van der Waals surface area (Å²) in [6.07, 6.45) is -0.0521. The molecule has 1 aromatic carbocycles. The van der Waals surface area contributed by atoms with Crippen molar-refractivity contribution in [2.45, 2.75) is 26.4 Å². The Hall–Kier alpha value is -1.07. The van der Waals surface area contributed by atoms with E-state index in [1.165, 1.54) is 0 Å². The molecule has 0 aliphatic carbocycles. The first-order chi connectivity index (χ1) is 8.44. The van der Waals surface area contributed by atoms with E-state index in [0.29, 0.717) is 18.8 Å². The van der Waals surface area contributed by atoms with Crippen LogP contribution in [0.5, 0.6) is 5.75 Å². The normalized spacial score (nSPS) is 13.3. The highest BCUT2D eigenvalue weighted by molar-refractivity contribution is 7.91. The zero-order chi connectivity index (χ0) is 13.6. The molecule has 4 nitrogen and oxygen atoms in total. The van der Waals surface area contributed by atoms with E-state index < -0.39 is 15.9 Å². The summed E-state index contributed by atoms with van der Waals surface area (Å²) in [6, 6.07) is 7.18. The minimum absolute atomic E-state index is 0.152. The van der Waals surface area contributed by atoms with Crippen molar-refractivity contribution in [3.05, 3.63) is 29.8 Å². The van der Waals surface area contributed by atoms with Gasteiger partial charge in [-0.2, -0.15) is 0 Å². The number of rotatable bonds is 7. The molecule has 18 heavy (non-hydrogen) atoms. The van der Waals surface area contributed by atoms with Crippen molar-refractivity contribution in [2.75, 3.05) is 18.1 Å². The van der Waals surface area contributed by atoms with Crippen molar-refractivity contribution in [2.24, 2.45) is 0 Å². The molecule has 0 fully saturated rings. The number of sulfone groups is 1. The summed E-state index contributed by atoms with van der Waals surface area (Å²) in [7, 11) is -2.92. The van der Waals surface area contributed by atoms with Crippen molar-refractivity contribution in [1.29, 1.82) is 0 Å². The van der Waals surface area contributed by atoms with Gasteiger partial charge in [-0.3, -0.25) is 0 Å². The minimum atomic E-state index is -2.92. The van der Waals surface area contributed by atoms with Crippen molar-refractivity contribution in [3.63, 3.8) is 0 Å². The van der Waals surface area contributed by atoms with Gasteiger partial charge < -0.3 is 9.84 Å². The number of ether oxygens (including phenoxy) is 1. The van der Waals surface area contributed by atoms with E-state index in [0.717, 1.165) is 5.56 Å². The molecule has 0 radical (unpaired) electrons. The standard InChI is InChI=1S/C13H20O4S/c1-3-18(15,16)9-5-8-17-13-7-4-6-12(10-13)11(2)14/h4,6-7,10-11,14H,3,5,8-9H2,1-2H3/t11-/m1/s1. The first kappa shape index (κ1) is 15.0. The lowest BCUT2D eigenvalue weighted by Gasteiger charge is -2.09. The van der Waals surface area contributed by atoms with Crippen molar-refractivity contribution < 1.29 is 18.3 Å². The second kappa shape index (κ2) is 6.75. The monoisotopic (exact) mass is 272 g/mol. The number of aliphatic hydroxyl groups is 1. The van der Waals surface area contributed by atoms with Crippen LogP contribution in [-0.2, 0) is 9.84 Å². The highest BCUT2D eigenvalue weighted by Gasteiger charge is 2.07. The smallest absolute Gasteiger partial charge is 0.150 e. The van der Waals surface area contributed by atoms with E-state index in [1.807, 2.05) is 6.07 Å². The molecule has 1 N–H and O–H groups in total. The molecule has 5 heteroatoms. The molecular formula is C13H20O4S. The second-order valence-electron chi connectivity index (χ2n) is 4.19. The Kier molecular flexibility index (Phi) is 5.62. The summed E-state index contributed by atoms with van der Waals surface area (Å²) in [5.74, 6) is 0.978. The number of benzene rings is 1. The largest absolute Gasteiger partial charge is 0.494 e. The molecule has 0 unspecified atom stereocenters.